The van der Waals surface area contributed by atoms with Crippen molar-refractivity contribution in [1.29, 1.82) is 0 Å². The van der Waals surface area contributed by atoms with E-state index in [1.807, 2.05) is 0 Å². The van der Waals surface area contributed by atoms with Crippen LogP contribution < -0.4 is 0 Å². The Morgan fingerprint density at radius 2 is 1.83 bits per heavy atom. The van der Waals surface area contributed by atoms with Crippen LogP contribution in [0.25, 0.3) is 0 Å². The van der Waals surface area contributed by atoms with E-state index in [-0.39, 0.29) is 0 Å². The molecule has 0 bridgehead atoms. The van der Waals surface area contributed by atoms with E-state index >= 15 is 0 Å². The Morgan fingerprint density at radius 1 is 1.17 bits per heavy atom. The Balaban J connectivity index is 2.33. The summed E-state index contributed by atoms with van der Waals surface area (Å²) < 4.78 is 0. The van der Waals surface area contributed by atoms with Gasteiger partial charge in [0, 0.05) is 0 Å². The van der Waals surface area contributed by atoms with E-state index in [0.717, 1.165) is 6.71 Å². The SMILES string of the molecule is CCB(C)CCc1ccccc1. The minimum absolute atomic E-state index is 0.866. The van der Waals surface area contributed by atoms with Crippen LogP contribution in [0.4, 0.5) is 0 Å². The Labute approximate surface area is 76.1 Å². The van der Waals surface area contributed by atoms with Crippen molar-refractivity contribution in [1.82, 2.24) is 0 Å². The second-order valence-corrected chi connectivity index (χ2v) is 3.54. The normalized spacial score (nSPS) is 9.83. The van der Waals surface area contributed by atoms with Crippen LogP contribution in [0.2, 0.25) is 19.5 Å². The topological polar surface area (TPSA) is 0 Å². The molecular weight excluding hydrogens is 143 g/mol. The quantitative estimate of drug-likeness (QED) is 0.592. The molecule has 0 aliphatic carbocycles. The number of aryl methyl sites for hydroxylation is 1. The minimum Gasteiger partial charge on any atom is -0.0861 e. The molecule has 0 aliphatic rings. The maximum atomic E-state index is 2.32. The highest BCUT2D eigenvalue weighted by molar-refractivity contribution is 6.57. The molecule has 1 heteroatoms. The maximum Gasteiger partial charge on any atom is 0.136 e. The monoisotopic (exact) mass is 160 g/mol. The van der Waals surface area contributed by atoms with Crippen LogP contribution in [-0.4, -0.2) is 6.71 Å². The molecular formula is C11H17B. The van der Waals surface area contributed by atoms with Gasteiger partial charge in [-0.05, 0) is 12.0 Å². The second-order valence-electron chi connectivity index (χ2n) is 3.54. The molecule has 0 unspecified atom stereocenters. The molecule has 0 N–H and O–H groups in total. The standard InChI is InChI=1S/C11H17B/c1-3-12(2)10-9-11-7-5-4-6-8-11/h4-8H,3,9-10H2,1-2H3. The van der Waals surface area contributed by atoms with Gasteiger partial charge in [-0.3, -0.25) is 0 Å². The highest BCUT2D eigenvalue weighted by Crippen LogP contribution is 2.07. The Morgan fingerprint density at radius 3 is 2.42 bits per heavy atom. The first kappa shape index (κ1) is 9.37. The van der Waals surface area contributed by atoms with Gasteiger partial charge in [0.1, 0.15) is 6.71 Å². The van der Waals surface area contributed by atoms with Crippen molar-refractivity contribution < 1.29 is 0 Å². The zero-order valence-corrected chi connectivity index (χ0v) is 8.09. The molecule has 12 heavy (non-hydrogen) atoms. The van der Waals surface area contributed by atoms with Crippen LogP contribution >= 0.6 is 0 Å². The first-order valence-corrected chi connectivity index (χ1v) is 4.87. The molecule has 0 aromatic heterocycles. The summed E-state index contributed by atoms with van der Waals surface area (Å²) in [6.45, 7) is 5.45. The van der Waals surface area contributed by atoms with Gasteiger partial charge in [-0.2, -0.15) is 0 Å². The number of rotatable bonds is 4. The lowest BCUT2D eigenvalue weighted by Crippen LogP contribution is -2.05. The van der Waals surface area contributed by atoms with Gasteiger partial charge in [-0.1, -0.05) is 56.7 Å². The van der Waals surface area contributed by atoms with Crippen molar-refractivity contribution in [2.75, 3.05) is 0 Å². The highest BCUT2D eigenvalue weighted by Gasteiger charge is 2.02. The lowest BCUT2D eigenvalue weighted by molar-refractivity contribution is 1.10. The molecule has 1 aromatic carbocycles. The molecule has 0 aliphatic heterocycles. The van der Waals surface area contributed by atoms with E-state index in [9.17, 15) is 0 Å². The maximum absolute atomic E-state index is 2.32. The van der Waals surface area contributed by atoms with Crippen molar-refractivity contribution in [2.45, 2.75) is 32.8 Å². The van der Waals surface area contributed by atoms with Crippen LogP contribution in [0.3, 0.4) is 0 Å². The predicted molar refractivity (Wildman–Crippen MR) is 57.1 cm³/mol. The average molecular weight is 160 g/mol. The van der Waals surface area contributed by atoms with E-state index in [4.69, 9.17) is 0 Å². The molecule has 0 atom stereocenters. The predicted octanol–water partition coefficient (Wildman–Crippen LogP) is 3.37. The van der Waals surface area contributed by atoms with Crippen molar-refractivity contribution in [3.8, 4) is 0 Å². The highest BCUT2D eigenvalue weighted by atomic mass is 13.9. The van der Waals surface area contributed by atoms with Crippen molar-refractivity contribution in [2.24, 2.45) is 0 Å². The summed E-state index contributed by atoms with van der Waals surface area (Å²) >= 11 is 0. The van der Waals surface area contributed by atoms with E-state index in [1.165, 1.54) is 24.6 Å². The first-order valence-electron chi connectivity index (χ1n) is 4.87. The summed E-state index contributed by atoms with van der Waals surface area (Å²) in [7, 11) is 0. The van der Waals surface area contributed by atoms with Crippen LogP contribution in [0.15, 0.2) is 30.3 Å². The fraction of sp³-hybridized carbons (Fsp3) is 0.455. The molecule has 0 saturated heterocycles. The summed E-state index contributed by atoms with van der Waals surface area (Å²) in [5, 5.41) is 0. The third kappa shape index (κ3) is 3.12. The molecule has 0 heterocycles. The van der Waals surface area contributed by atoms with E-state index < -0.39 is 0 Å². The molecule has 1 rings (SSSR count). The molecule has 0 amide bonds. The van der Waals surface area contributed by atoms with Crippen molar-refractivity contribution in [3.63, 3.8) is 0 Å². The van der Waals surface area contributed by atoms with Crippen LogP contribution in [-0.2, 0) is 6.42 Å². The molecule has 0 radical (unpaired) electrons. The Bertz CT molecular complexity index is 206. The molecule has 0 spiro atoms. The van der Waals surface area contributed by atoms with Gasteiger partial charge in [0.2, 0.25) is 0 Å². The van der Waals surface area contributed by atoms with Gasteiger partial charge >= 0.3 is 0 Å². The van der Waals surface area contributed by atoms with Crippen molar-refractivity contribution >= 4 is 6.71 Å². The smallest absolute Gasteiger partial charge is 0.0861 e. The van der Waals surface area contributed by atoms with Gasteiger partial charge in [0.25, 0.3) is 0 Å². The fourth-order valence-corrected chi connectivity index (χ4v) is 1.26. The van der Waals surface area contributed by atoms with Gasteiger partial charge in [0.05, 0.1) is 0 Å². The minimum atomic E-state index is 0.866. The van der Waals surface area contributed by atoms with Gasteiger partial charge in [-0.25, -0.2) is 0 Å². The lowest BCUT2D eigenvalue weighted by Gasteiger charge is -2.03. The average Bonchev–Trinajstić information content (AvgIpc) is 2.16. The summed E-state index contributed by atoms with van der Waals surface area (Å²) in [4.78, 5) is 0. The third-order valence-electron chi connectivity index (χ3n) is 2.47. The molecule has 1 aromatic rings. The number of benzene rings is 1. The lowest BCUT2D eigenvalue weighted by atomic mass is 9.47. The summed E-state index contributed by atoms with van der Waals surface area (Å²) in [5.41, 5.74) is 1.47. The van der Waals surface area contributed by atoms with E-state index in [0.29, 0.717) is 0 Å². The van der Waals surface area contributed by atoms with Crippen LogP contribution in [0.1, 0.15) is 12.5 Å². The molecule has 0 nitrogen and oxygen atoms in total. The van der Waals surface area contributed by atoms with Crippen LogP contribution in [0.5, 0.6) is 0 Å². The van der Waals surface area contributed by atoms with Crippen LogP contribution in [0, 0.1) is 0 Å². The molecule has 0 fully saturated rings. The fourth-order valence-electron chi connectivity index (χ4n) is 1.26. The van der Waals surface area contributed by atoms with E-state index in [1.54, 1.807) is 0 Å². The third-order valence-corrected chi connectivity index (χ3v) is 2.47. The first-order chi connectivity index (χ1) is 5.83. The summed E-state index contributed by atoms with van der Waals surface area (Å²) in [6.07, 6.45) is 3.85. The summed E-state index contributed by atoms with van der Waals surface area (Å²) in [5.74, 6) is 0. The Kier molecular flexibility index (Phi) is 3.92. The summed E-state index contributed by atoms with van der Waals surface area (Å²) in [6, 6.07) is 10.7. The van der Waals surface area contributed by atoms with Crippen molar-refractivity contribution in [3.05, 3.63) is 35.9 Å². The van der Waals surface area contributed by atoms with Gasteiger partial charge in [-0.15, -0.1) is 0 Å². The zero-order valence-electron chi connectivity index (χ0n) is 8.09. The van der Waals surface area contributed by atoms with Gasteiger partial charge in [0.15, 0.2) is 0 Å². The van der Waals surface area contributed by atoms with Gasteiger partial charge < -0.3 is 0 Å². The molecule has 0 saturated carbocycles. The Hall–Kier alpha value is -0.715. The largest absolute Gasteiger partial charge is 0.136 e. The second kappa shape index (κ2) is 5.02. The number of hydrogen-bond acceptors (Lipinski definition) is 0. The zero-order chi connectivity index (χ0) is 8.81. The molecule has 64 valence electrons. The number of hydrogen-bond donors (Lipinski definition) is 0. The van der Waals surface area contributed by atoms with E-state index in [2.05, 4.69) is 44.1 Å².